The third-order valence-corrected chi connectivity index (χ3v) is 4.63. The molecule has 96 valence electrons. The Balaban J connectivity index is 2.13. The summed E-state index contributed by atoms with van der Waals surface area (Å²) in [5, 5.41) is 6.34. The maximum Gasteiger partial charge on any atom is 0.258 e. The standard InChI is InChI=1S/C10H18N4O2S/c11-6-8-7-12-13-10(8)17(15,16)14-9-4-2-1-3-5-9/h7,9,14H,1-6,11H2,(H,12,13). The molecule has 6 nitrogen and oxygen atoms in total. The Hall–Kier alpha value is -0.920. The van der Waals surface area contributed by atoms with E-state index in [-0.39, 0.29) is 17.6 Å². The van der Waals surface area contributed by atoms with E-state index in [1.165, 1.54) is 12.6 Å². The van der Waals surface area contributed by atoms with Gasteiger partial charge < -0.3 is 5.73 Å². The first kappa shape index (κ1) is 12.5. The highest BCUT2D eigenvalue weighted by atomic mass is 32.2. The van der Waals surface area contributed by atoms with Crippen LogP contribution in [0.1, 0.15) is 37.7 Å². The van der Waals surface area contributed by atoms with Gasteiger partial charge in [0.15, 0.2) is 5.03 Å². The maximum absolute atomic E-state index is 12.1. The number of rotatable bonds is 4. The minimum Gasteiger partial charge on any atom is -0.326 e. The van der Waals surface area contributed by atoms with Gasteiger partial charge in [-0.3, -0.25) is 5.10 Å². The molecule has 0 unspecified atom stereocenters. The van der Waals surface area contributed by atoms with Gasteiger partial charge in [0.05, 0.1) is 6.20 Å². The predicted octanol–water partition coefficient (Wildman–Crippen LogP) is 0.479. The molecule has 0 amide bonds. The number of nitrogens with zero attached hydrogens (tertiary/aromatic N) is 1. The molecule has 0 saturated heterocycles. The van der Waals surface area contributed by atoms with Crippen LogP contribution in [0.2, 0.25) is 0 Å². The molecule has 1 aromatic rings. The molecule has 1 aliphatic rings. The molecule has 17 heavy (non-hydrogen) atoms. The van der Waals surface area contributed by atoms with Crippen molar-refractivity contribution in [2.75, 3.05) is 0 Å². The quantitative estimate of drug-likeness (QED) is 0.731. The maximum atomic E-state index is 12.1. The van der Waals surface area contributed by atoms with Crippen LogP contribution in [-0.2, 0) is 16.6 Å². The molecule has 1 saturated carbocycles. The van der Waals surface area contributed by atoms with Crippen LogP contribution in [0.5, 0.6) is 0 Å². The second-order valence-corrected chi connectivity index (χ2v) is 6.04. The summed E-state index contributed by atoms with van der Waals surface area (Å²) in [6, 6.07) is 0.0441. The summed E-state index contributed by atoms with van der Waals surface area (Å²) in [4.78, 5) is 0. The van der Waals surface area contributed by atoms with Crippen molar-refractivity contribution in [3.8, 4) is 0 Å². The Morgan fingerprint density at radius 3 is 2.76 bits per heavy atom. The van der Waals surface area contributed by atoms with Gasteiger partial charge in [0.2, 0.25) is 0 Å². The molecule has 4 N–H and O–H groups in total. The first-order valence-corrected chi connectivity index (χ1v) is 7.36. The van der Waals surface area contributed by atoms with Crippen molar-refractivity contribution in [3.63, 3.8) is 0 Å². The van der Waals surface area contributed by atoms with E-state index in [0.717, 1.165) is 25.7 Å². The van der Waals surface area contributed by atoms with Gasteiger partial charge in [0.1, 0.15) is 0 Å². The molecule has 0 aromatic carbocycles. The molecule has 1 fully saturated rings. The fourth-order valence-electron chi connectivity index (χ4n) is 2.18. The summed E-state index contributed by atoms with van der Waals surface area (Å²) < 4.78 is 26.9. The average molecular weight is 258 g/mol. The van der Waals surface area contributed by atoms with E-state index in [2.05, 4.69) is 14.9 Å². The largest absolute Gasteiger partial charge is 0.326 e. The smallest absolute Gasteiger partial charge is 0.258 e. The minimum atomic E-state index is -3.51. The van der Waals surface area contributed by atoms with Crippen molar-refractivity contribution in [1.29, 1.82) is 0 Å². The van der Waals surface area contributed by atoms with Crippen LogP contribution in [0, 0.1) is 0 Å². The molecule has 0 spiro atoms. The van der Waals surface area contributed by atoms with E-state index in [4.69, 9.17) is 5.73 Å². The van der Waals surface area contributed by atoms with E-state index < -0.39 is 10.0 Å². The van der Waals surface area contributed by atoms with Gasteiger partial charge >= 0.3 is 0 Å². The van der Waals surface area contributed by atoms with Crippen LogP contribution in [0.4, 0.5) is 0 Å². The van der Waals surface area contributed by atoms with Gasteiger partial charge in [0.25, 0.3) is 10.0 Å². The van der Waals surface area contributed by atoms with Gasteiger partial charge in [-0.2, -0.15) is 5.10 Å². The Labute approximate surface area is 101 Å². The Bertz CT molecular complexity index is 462. The summed E-state index contributed by atoms with van der Waals surface area (Å²) >= 11 is 0. The molecule has 2 rings (SSSR count). The number of nitrogens with two attached hydrogens (primary N) is 1. The monoisotopic (exact) mass is 258 g/mol. The zero-order valence-corrected chi connectivity index (χ0v) is 10.5. The number of aromatic amines is 1. The van der Waals surface area contributed by atoms with Crippen molar-refractivity contribution in [2.45, 2.75) is 49.7 Å². The number of H-pyrrole nitrogens is 1. The lowest BCUT2D eigenvalue weighted by Gasteiger charge is -2.22. The Morgan fingerprint density at radius 1 is 1.41 bits per heavy atom. The van der Waals surface area contributed by atoms with Crippen LogP contribution in [0.15, 0.2) is 11.2 Å². The molecular formula is C10H18N4O2S. The van der Waals surface area contributed by atoms with Crippen molar-refractivity contribution in [3.05, 3.63) is 11.8 Å². The van der Waals surface area contributed by atoms with Crippen LogP contribution in [0.25, 0.3) is 0 Å². The van der Waals surface area contributed by atoms with Crippen LogP contribution in [0.3, 0.4) is 0 Å². The van der Waals surface area contributed by atoms with Crippen molar-refractivity contribution < 1.29 is 8.42 Å². The lowest BCUT2D eigenvalue weighted by molar-refractivity contribution is 0.411. The second-order valence-electron chi connectivity index (χ2n) is 4.38. The van der Waals surface area contributed by atoms with Gasteiger partial charge in [-0.1, -0.05) is 19.3 Å². The second kappa shape index (κ2) is 5.16. The summed E-state index contributed by atoms with van der Waals surface area (Å²) in [5.74, 6) is 0. The molecule has 1 heterocycles. The Morgan fingerprint density at radius 2 is 2.12 bits per heavy atom. The normalized spacial score (nSPS) is 18.4. The van der Waals surface area contributed by atoms with Crippen molar-refractivity contribution >= 4 is 10.0 Å². The third kappa shape index (κ3) is 2.85. The summed E-state index contributed by atoms with van der Waals surface area (Å²) in [7, 11) is -3.51. The lowest BCUT2D eigenvalue weighted by Crippen LogP contribution is -2.36. The Kier molecular flexibility index (Phi) is 3.80. The van der Waals surface area contributed by atoms with Gasteiger partial charge in [-0.05, 0) is 12.8 Å². The van der Waals surface area contributed by atoms with Gasteiger partial charge in [-0.25, -0.2) is 13.1 Å². The van der Waals surface area contributed by atoms with E-state index in [1.807, 2.05) is 0 Å². The average Bonchev–Trinajstić information content (AvgIpc) is 2.78. The van der Waals surface area contributed by atoms with Crippen molar-refractivity contribution in [1.82, 2.24) is 14.9 Å². The molecule has 1 aliphatic carbocycles. The fourth-order valence-corrected chi connectivity index (χ4v) is 3.62. The SMILES string of the molecule is NCc1cn[nH]c1S(=O)(=O)NC1CCCCC1. The first-order valence-electron chi connectivity index (χ1n) is 5.88. The van der Waals surface area contributed by atoms with E-state index in [9.17, 15) is 8.42 Å². The molecule has 0 atom stereocenters. The third-order valence-electron chi connectivity index (χ3n) is 3.09. The van der Waals surface area contributed by atoms with E-state index in [1.54, 1.807) is 0 Å². The summed E-state index contributed by atoms with van der Waals surface area (Å²) in [5.41, 5.74) is 5.99. The zero-order valence-electron chi connectivity index (χ0n) is 9.65. The number of aromatic nitrogens is 2. The topological polar surface area (TPSA) is 101 Å². The van der Waals surface area contributed by atoms with E-state index >= 15 is 0 Å². The lowest BCUT2D eigenvalue weighted by atomic mass is 9.96. The number of hydrogen-bond acceptors (Lipinski definition) is 4. The molecule has 7 heteroatoms. The number of sulfonamides is 1. The van der Waals surface area contributed by atoms with E-state index in [0.29, 0.717) is 5.56 Å². The highest BCUT2D eigenvalue weighted by Crippen LogP contribution is 2.20. The predicted molar refractivity (Wildman–Crippen MR) is 63.7 cm³/mol. The summed E-state index contributed by atoms with van der Waals surface area (Å²) in [6.07, 6.45) is 6.63. The number of hydrogen-bond donors (Lipinski definition) is 3. The molecular weight excluding hydrogens is 240 g/mol. The first-order chi connectivity index (χ1) is 8.13. The molecule has 0 aliphatic heterocycles. The molecule has 1 aromatic heterocycles. The van der Waals surface area contributed by atoms with Crippen LogP contribution in [-0.4, -0.2) is 24.7 Å². The van der Waals surface area contributed by atoms with Crippen LogP contribution >= 0.6 is 0 Å². The zero-order chi connectivity index (χ0) is 12.3. The minimum absolute atomic E-state index is 0.0441. The molecule has 0 radical (unpaired) electrons. The highest BCUT2D eigenvalue weighted by Gasteiger charge is 2.25. The summed E-state index contributed by atoms with van der Waals surface area (Å²) in [6.45, 7) is 0.164. The van der Waals surface area contributed by atoms with Crippen molar-refractivity contribution in [2.24, 2.45) is 5.73 Å². The molecule has 0 bridgehead atoms. The van der Waals surface area contributed by atoms with Gasteiger partial charge in [0, 0.05) is 18.2 Å². The van der Waals surface area contributed by atoms with Gasteiger partial charge in [-0.15, -0.1) is 0 Å². The number of nitrogens with one attached hydrogen (secondary N) is 2. The fraction of sp³-hybridized carbons (Fsp3) is 0.700. The van der Waals surface area contributed by atoms with Crippen LogP contribution < -0.4 is 10.5 Å². The highest BCUT2D eigenvalue weighted by molar-refractivity contribution is 7.89.